The number of anilines is 1. The van der Waals surface area contributed by atoms with E-state index in [1.807, 2.05) is 0 Å². The van der Waals surface area contributed by atoms with Crippen molar-refractivity contribution in [2.24, 2.45) is 0 Å². The number of carbonyl (C=O) groups is 1. The SMILES string of the molecule is CCN(C)S(=O)(=O)c1ccc2nc(NC(=O)C(Cl)(Cl)Cl)sc2c1. The molecule has 1 heterocycles. The third-order valence-electron chi connectivity index (χ3n) is 2.99. The fourth-order valence-corrected chi connectivity index (χ4v) is 3.96. The van der Waals surface area contributed by atoms with Crippen LogP contribution in [0.2, 0.25) is 0 Å². The summed E-state index contributed by atoms with van der Waals surface area (Å²) in [5.74, 6) is -0.833. The number of hydrogen-bond donors (Lipinski definition) is 1. The third kappa shape index (κ3) is 4.07. The zero-order chi connectivity index (χ0) is 17.4. The Hall–Kier alpha value is -0.640. The van der Waals surface area contributed by atoms with E-state index in [1.54, 1.807) is 13.0 Å². The Morgan fingerprint density at radius 3 is 2.61 bits per heavy atom. The molecule has 0 spiro atoms. The van der Waals surface area contributed by atoms with Gasteiger partial charge in [0, 0.05) is 13.6 Å². The van der Waals surface area contributed by atoms with Gasteiger partial charge < -0.3 is 0 Å². The molecular formula is C12H12Cl3N3O3S2. The van der Waals surface area contributed by atoms with Gasteiger partial charge in [0.2, 0.25) is 10.0 Å². The van der Waals surface area contributed by atoms with Crippen LogP contribution in [0.3, 0.4) is 0 Å². The van der Waals surface area contributed by atoms with Gasteiger partial charge in [-0.3, -0.25) is 10.1 Å². The molecule has 23 heavy (non-hydrogen) atoms. The summed E-state index contributed by atoms with van der Waals surface area (Å²) in [6, 6.07) is 4.52. The first-order chi connectivity index (χ1) is 10.6. The van der Waals surface area contributed by atoms with Crippen molar-refractivity contribution in [3.8, 4) is 0 Å². The molecule has 0 radical (unpaired) electrons. The van der Waals surface area contributed by atoms with E-state index < -0.39 is 19.7 Å². The maximum absolute atomic E-state index is 12.3. The molecule has 1 aromatic heterocycles. The van der Waals surface area contributed by atoms with Crippen LogP contribution in [0.4, 0.5) is 5.13 Å². The van der Waals surface area contributed by atoms with Gasteiger partial charge in [-0.2, -0.15) is 0 Å². The summed E-state index contributed by atoms with van der Waals surface area (Å²) < 4.78 is 24.4. The van der Waals surface area contributed by atoms with Crippen molar-refractivity contribution in [1.29, 1.82) is 0 Å². The normalized spacial score (nSPS) is 12.8. The molecule has 0 aliphatic heterocycles. The number of hydrogen-bond acceptors (Lipinski definition) is 5. The number of nitrogens with zero attached hydrogens (tertiary/aromatic N) is 2. The minimum atomic E-state index is -3.56. The molecule has 126 valence electrons. The Morgan fingerprint density at radius 1 is 1.39 bits per heavy atom. The molecule has 1 aromatic carbocycles. The van der Waals surface area contributed by atoms with Crippen LogP contribution in [-0.2, 0) is 14.8 Å². The smallest absolute Gasteiger partial charge is 0.278 e. The summed E-state index contributed by atoms with van der Waals surface area (Å²) in [6.45, 7) is 2.10. The average Bonchev–Trinajstić information content (AvgIpc) is 2.86. The average molecular weight is 417 g/mol. The third-order valence-corrected chi connectivity index (χ3v) is 6.37. The van der Waals surface area contributed by atoms with Crippen LogP contribution in [0, 0.1) is 0 Å². The minimum Gasteiger partial charge on any atom is -0.298 e. The van der Waals surface area contributed by atoms with E-state index in [1.165, 1.54) is 23.5 Å². The number of sulfonamides is 1. The zero-order valence-corrected chi connectivity index (χ0v) is 15.9. The van der Waals surface area contributed by atoms with Crippen molar-refractivity contribution in [3.63, 3.8) is 0 Å². The first-order valence-electron chi connectivity index (χ1n) is 6.31. The van der Waals surface area contributed by atoms with E-state index in [2.05, 4.69) is 10.3 Å². The number of nitrogens with one attached hydrogen (secondary N) is 1. The first kappa shape index (κ1) is 18.7. The Kier molecular flexibility index (Phi) is 5.44. The Labute approximate surface area is 152 Å². The molecule has 11 heteroatoms. The molecule has 0 bridgehead atoms. The lowest BCUT2D eigenvalue weighted by Crippen LogP contribution is -2.26. The predicted molar refractivity (Wildman–Crippen MR) is 94.0 cm³/mol. The van der Waals surface area contributed by atoms with Crippen molar-refractivity contribution in [2.45, 2.75) is 15.6 Å². The number of rotatable bonds is 4. The van der Waals surface area contributed by atoms with Gasteiger partial charge in [-0.1, -0.05) is 53.1 Å². The highest BCUT2D eigenvalue weighted by molar-refractivity contribution is 7.89. The van der Waals surface area contributed by atoms with Crippen LogP contribution < -0.4 is 5.32 Å². The highest BCUT2D eigenvalue weighted by Gasteiger charge is 2.31. The molecule has 1 amide bonds. The summed E-state index contributed by atoms with van der Waals surface area (Å²) in [5.41, 5.74) is 0.535. The Balaban J connectivity index is 2.37. The largest absolute Gasteiger partial charge is 0.298 e. The van der Waals surface area contributed by atoms with Crippen LogP contribution >= 0.6 is 46.1 Å². The second-order valence-corrected chi connectivity index (χ2v) is 9.88. The molecule has 0 atom stereocenters. The molecule has 2 rings (SSSR count). The molecule has 0 saturated heterocycles. The van der Waals surface area contributed by atoms with Gasteiger partial charge in [-0.05, 0) is 18.2 Å². The van der Waals surface area contributed by atoms with Crippen LogP contribution in [0.25, 0.3) is 10.2 Å². The van der Waals surface area contributed by atoms with E-state index in [0.717, 1.165) is 11.3 Å². The fourth-order valence-electron chi connectivity index (χ4n) is 1.64. The van der Waals surface area contributed by atoms with Crippen molar-refractivity contribution in [1.82, 2.24) is 9.29 Å². The quantitative estimate of drug-likeness (QED) is 0.776. The van der Waals surface area contributed by atoms with Gasteiger partial charge in [0.1, 0.15) is 0 Å². The van der Waals surface area contributed by atoms with Gasteiger partial charge in [-0.15, -0.1) is 0 Å². The Bertz CT molecular complexity index is 846. The van der Waals surface area contributed by atoms with Gasteiger partial charge in [0.15, 0.2) is 5.13 Å². The van der Waals surface area contributed by atoms with E-state index in [4.69, 9.17) is 34.8 Å². The number of alkyl halides is 3. The lowest BCUT2D eigenvalue weighted by molar-refractivity contribution is -0.115. The second kappa shape index (κ2) is 6.70. The van der Waals surface area contributed by atoms with Crippen LogP contribution in [0.5, 0.6) is 0 Å². The topological polar surface area (TPSA) is 79.4 Å². The number of thiazole rings is 1. The van der Waals surface area contributed by atoms with Gasteiger partial charge >= 0.3 is 0 Å². The molecule has 2 aromatic rings. The minimum absolute atomic E-state index is 0.150. The summed E-state index contributed by atoms with van der Waals surface area (Å²) in [5, 5.41) is 2.59. The number of carbonyl (C=O) groups excluding carboxylic acids is 1. The molecular weight excluding hydrogens is 405 g/mol. The zero-order valence-electron chi connectivity index (χ0n) is 12.0. The van der Waals surface area contributed by atoms with Crippen LogP contribution in [0.1, 0.15) is 6.92 Å². The lowest BCUT2D eigenvalue weighted by atomic mass is 10.3. The van der Waals surface area contributed by atoms with Crippen LogP contribution in [-0.4, -0.2) is 41.0 Å². The van der Waals surface area contributed by atoms with Gasteiger partial charge in [0.05, 0.1) is 15.1 Å². The van der Waals surface area contributed by atoms with Gasteiger partial charge in [0.25, 0.3) is 9.70 Å². The number of amides is 1. The molecule has 0 aliphatic carbocycles. The molecule has 0 saturated carbocycles. The monoisotopic (exact) mass is 415 g/mol. The molecule has 1 N–H and O–H groups in total. The Morgan fingerprint density at radius 2 is 2.04 bits per heavy atom. The van der Waals surface area contributed by atoms with Crippen molar-refractivity contribution >= 4 is 77.4 Å². The van der Waals surface area contributed by atoms with Crippen molar-refractivity contribution < 1.29 is 13.2 Å². The first-order valence-corrected chi connectivity index (χ1v) is 9.70. The van der Waals surface area contributed by atoms with E-state index in [-0.39, 0.29) is 10.0 Å². The maximum Gasteiger partial charge on any atom is 0.278 e. The molecule has 0 unspecified atom stereocenters. The predicted octanol–water partition coefficient (Wildman–Crippen LogP) is 3.25. The fraction of sp³-hybridized carbons (Fsp3) is 0.333. The molecule has 6 nitrogen and oxygen atoms in total. The van der Waals surface area contributed by atoms with Gasteiger partial charge in [-0.25, -0.2) is 17.7 Å². The van der Waals surface area contributed by atoms with E-state index >= 15 is 0 Å². The summed E-state index contributed by atoms with van der Waals surface area (Å²) in [7, 11) is -2.06. The standard InChI is InChI=1S/C12H12Cl3N3O3S2/c1-3-18(2)23(20,21)7-4-5-8-9(6-7)22-11(16-8)17-10(19)12(13,14)15/h4-6H,3H2,1-2H3,(H,16,17,19). The van der Waals surface area contributed by atoms with E-state index in [9.17, 15) is 13.2 Å². The maximum atomic E-state index is 12.3. The highest BCUT2D eigenvalue weighted by Crippen LogP contribution is 2.32. The number of halogens is 3. The lowest BCUT2D eigenvalue weighted by Gasteiger charge is -2.14. The van der Waals surface area contributed by atoms with E-state index in [0.29, 0.717) is 16.8 Å². The summed E-state index contributed by atoms with van der Waals surface area (Å²) >= 11 is 17.5. The van der Waals surface area contributed by atoms with Crippen molar-refractivity contribution in [3.05, 3.63) is 18.2 Å². The summed E-state index contributed by atoms with van der Waals surface area (Å²) in [4.78, 5) is 15.9. The molecule has 0 fully saturated rings. The number of fused-ring (bicyclic) bond motifs is 1. The van der Waals surface area contributed by atoms with Crippen LogP contribution in [0.15, 0.2) is 23.1 Å². The summed E-state index contributed by atoms with van der Waals surface area (Å²) in [6.07, 6.45) is 0. The second-order valence-electron chi connectivity index (χ2n) is 4.52. The van der Waals surface area contributed by atoms with Crippen molar-refractivity contribution in [2.75, 3.05) is 18.9 Å². The highest BCUT2D eigenvalue weighted by atomic mass is 35.6. The number of benzene rings is 1. The molecule has 0 aliphatic rings. The number of aromatic nitrogens is 1.